The van der Waals surface area contributed by atoms with Crippen LogP contribution in [0.2, 0.25) is 0 Å². The number of carbonyl (C=O) groups is 1. The predicted octanol–water partition coefficient (Wildman–Crippen LogP) is 4.45. The SMILES string of the molecule is COc1cccc(C(=O)O/N=C(\C)c2sc3nc4ccccc4n3c2C)c1. The summed E-state index contributed by atoms with van der Waals surface area (Å²) < 4.78 is 7.22. The molecule has 0 spiro atoms. The van der Waals surface area contributed by atoms with Gasteiger partial charge in [0.25, 0.3) is 0 Å². The number of carbonyl (C=O) groups excluding carboxylic acids is 1. The summed E-state index contributed by atoms with van der Waals surface area (Å²) in [6, 6.07) is 14.8. The lowest BCUT2D eigenvalue weighted by Crippen LogP contribution is -2.04. The molecule has 4 rings (SSSR count). The predicted molar refractivity (Wildman–Crippen MR) is 106 cm³/mol. The number of ether oxygens (including phenoxy) is 1. The Morgan fingerprint density at radius 3 is 2.81 bits per heavy atom. The minimum absolute atomic E-state index is 0.384. The zero-order chi connectivity index (χ0) is 19.0. The Bertz CT molecular complexity index is 1190. The zero-order valence-electron chi connectivity index (χ0n) is 15.1. The van der Waals surface area contributed by atoms with Crippen molar-refractivity contribution in [1.82, 2.24) is 9.38 Å². The summed E-state index contributed by atoms with van der Waals surface area (Å²) in [5, 5.41) is 4.04. The number of aromatic nitrogens is 2. The van der Waals surface area contributed by atoms with Crippen LogP contribution in [-0.4, -0.2) is 28.2 Å². The quantitative estimate of drug-likeness (QED) is 0.299. The highest BCUT2D eigenvalue weighted by Crippen LogP contribution is 2.28. The van der Waals surface area contributed by atoms with Crippen molar-refractivity contribution in [3.05, 3.63) is 64.7 Å². The number of hydrogen-bond donors (Lipinski definition) is 0. The van der Waals surface area contributed by atoms with Gasteiger partial charge in [0.2, 0.25) is 0 Å². The average molecular weight is 379 g/mol. The van der Waals surface area contributed by atoms with Crippen molar-refractivity contribution in [3.63, 3.8) is 0 Å². The van der Waals surface area contributed by atoms with Gasteiger partial charge in [0.15, 0.2) is 4.96 Å². The van der Waals surface area contributed by atoms with Crippen molar-refractivity contribution in [2.75, 3.05) is 7.11 Å². The van der Waals surface area contributed by atoms with Crippen LogP contribution < -0.4 is 4.74 Å². The molecule has 6 nitrogen and oxygen atoms in total. The molecule has 27 heavy (non-hydrogen) atoms. The van der Waals surface area contributed by atoms with E-state index >= 15 is 0 Å². The van der Waals surface area contributed by atoms with Crippen LogP contribution in [0.5, 0.6) is 5.75 Å². The van der Waals surface area contributed by atoms with E-state index in [0.717, 1.165) is 26.6 Å². The van der Waals surface area contributed by atoms with Gasteiger partial charge in [0, 0.05) is 5.69 Å². The number of rotatable bonds is 4. The van der Waals surface area contributed by atoms with Gasteiger partial charge in [-0.25, -0.2) is 9.78 Å². The average Bonchev–Trinajstić information content (AvgIpc) is 3.22. The van der Waals surface area contributed by atoms with Crippen LogP contribution in [0.3, 0.4) is 0 Å². The smallest absolute Gasteiger partial charge is 0.365 e. The molecule has 0 unspecified atom stereocenters. The van der Waals surface area contributed by atoms with Gasteiger partial charge in [-0.1, -0.05) is 34.7 Å². The van der Waals surface area contributed by atoms with Crippen LogP contribution in [0, 0.1) is 6.92 Å². The van der Waals surface area contributed by atoms with E-state index < -0.39 is 5.97 Å². The van der Waals surface area contributed by atoms with Gasteiger partial charge in [0.1, 0.15) is 5.75 Å². The number of nitrogens with zero attached hydrogens (tertiary/aromatic N) is 3. The van der Waals surface area contributed by atoms with Crippen LogP contribution >= 0.6 is 11.3 Å². The molecule has 7 heteroatoms. The largest absolute Gasteiger partial charge is 0.497 e. The van der Waals surface area contributed by atoms with Crippen LogP contribution in [0.15, 0.2) is 53.7 Å². The number of fused-ring (bicyclic) bond motifs is 3. The van der Waals surface area contributed by atoms with Gasteiger partial charge in [-0.15, -0.1) is 0 Å². The third-order valence-corrected chi connectivity index (χ3v) is 5.54. The van der Waals surface area contributed by atoms with E-state index in [1.54, 1.807) is 31.4 Å². The Balaban J connectivity index is 1.63. The Kier molecular flexibility index (Phi) is 4.37. The second kappa shape index (κ2) is 6.85. The molecule has 2 aromatic carbocycles. The van der Waals surface area contributed by atoms with Crippen molar-refractivity contribution in [2.45, 2.75) is 13.8 Å². The summed E-state index contributed by atoms with van der Waals surface area (Å²) in [5.74, 6) is 0.0602. The second-order valence-electron chi connectivity index (χ2n) is 6.02. The van der Waals surface area contributed by atoms with Crippen molar-refractivity contribution in [2.24, 2.45) is 5.16 Å². The lowest BCUT2D eigenvalue weighted by molar-refractivity contribution is 0.0516. The van der Waals surface area contributed by atoms with Crippen LogP contribution in [0.4, 0.5) is 0 Å². The van der Waals surface area contributed by atoms with Gasteiger partial charge >= 0.3 is 5.97 Å². The molecular formula is C20H17N3O3S. The molecular weight excluding hydrogens is 362 g/mol. The van der Waals surface area contributed by atoms with Crippen LogP contribution in [0.25, 0.3) is 16.0 Å². The molecule has 0 fully saturated rings. The Hall–Kier alpha value is -3.19. The molecule has 136 valence electrons. The van der Waals surface area contributed by atoms with E-state index in [9.17, 15) is 4.79 Å². The van der Waals surface area contributed by atoms with Crippen molar-refractivity contribution in [1.29, 1.82) is 0 Å². The third kappa shape index (κ3) is 3.06. The van der Waals surface area contributed by atoms with E-state index in [0.29, 0.717) is 17.0 Å². The molecule has 0 aliphatic rings. The lowest BCUT2D eigenvalue weighted by Gasteiger charge is -2.03. The summed E-state index contributed by atoms with van der Waals surface area (Å²) in [6.07, 6.45) is 0. The van der Waals surface area contributed by atoms with Crippen molar-refractivity contribution < 1.29 is 14.4 Å². The zero-order valence-corrected chi connectivity index (χ0v) is 15.9. The van der Waals surface area contributed by atoms with Gasteiger partial charge in [-0.05, 0) is 44.2 Å². The van der Waals surface area contributed by atoms with Crippen molar-refractivity contribution in [3.8, 4) is 5.75 Å². The second-order valence-corrected chi connectivity index (χ2v) is 7.00. The van der Waals surface area contributed by atoms with E-state index in [1.165, 1.54) is 11.3 Å². The van der Waals surface area contributed by atoms with Gasteiger partial charge < -0.3 is 9.57 Å². The molecule has 0 radical (unpaired) electrons. The Morgan fingerprint density at radius 1 is 1.19 bits per heavy atom. The number of para-hydroxylation sites is 2. The first-order valence-corrected chi connectivity index (χ1v) is 9.17. The first-order chi connectivity index (χ1) is 13.1. The minimum Gasteiger partial charge on any atom is -0.497 e. The highest BCUT2D eigenvalue weighted by atomic mass is 32.1. The Morgan fingerprint density at radius 2 is 2.00 bits per heavy atom. The molecule has 0 N–H and O–H groups in total. The molecule has 0 saturated carbocycles. The van der Waals surface area contributed by atoms with Gasteiger partial charge in [0.05, 0.1) is 34.3 Å². The third-order valence-electron chi connectivity index (χ3n) is 4.29. The van der Waals surface area contributed by atoms with Crippen LogP contribution in [-0.2, 0) is 4.84 Å². The monoisotopic (exact) mass is 379 g/mol. The van der Waals surface area contributed by atoms with E-state index in [4.69, 9.17) is 9.57 Å². The number of thiazole rings is 1. The highest BCUT2D eigenvalue weighted by molar-refractivity contribution is 7.19. The molecule has 0 aliphatic heterocycles. The Labute approximate surface area is 159 Å². The summed E-state index contributed by atoms with van der Waals surface area (Å²) in [6.45, 7) is 3.83. The maximum absolute atomic E-state index is 12.2. The fourth-order valence-electron chi connectivity index (χ4n) is 2.95. The summed E-state index contributed by atoms with van der Waals surface area (Å²) >= 11 is 1.52. The van der Waals surface area contributed by atoms with E-state index in [-0.39, 0.29) is 0 Å². The number of methoxy groups -OCH3 is 1. The maximum Gasteiger partial charge on any atom is 0.365 e. The highest BCUT2D eigenvalue weighted by Gasteiger charge is 2.16. The van der Waals surface area contributed by atoms with Crippen LogP contribution in [0.1, 0.15) is 27.9 Å². The summed E-state index contributed by atoms with van der Waals surface area (Å²) in [4.78, 5) is 23.8. The van der Waals surface area contributed by atoms with E-state index in [2.05, 4.69) is 14.5 Å². The molecule has 0 amide bonds. The molecule has 0 saturated heterocycles. The summed E-state index contributed by atoms with van der Waals surface area (Å²) in [5.41, 5.74) is 4.03. The normalized spacial score (nSPS) is 11.9. The topological polar surface area (TPSA) is 65.2 Å². The number of hydrogen-bond acceptors (Lipinski definition) is 6. The molecule has 0 bridgehead atoms. The molecule has 2 heterocycles. The number of benzene rings is 2. The lowest BCUT2D eigenvalue weighted by atomic mass is 10.2. The van der Waals surface area contributed by atoms with E-state index in [1.807, 2.05) is 38.1 Å². The molecule has 2 aromatic heterocycles. The van der Waals surface area contributed by atoms with Gasteiger partial charge in [-0.3, -0.25) is 4.40 Å². The van der Waals surface area contributed by atoms with Gasteiger partial charge in [-0.2, -0.15) is 0 Å². The van der Waals surface area contributed by atoms with Crippen molar-refractivity contribution >= 4 is 39.0 Å². The minimum atomic E-state index is -0.530. The first-order valence-electron chi connectivity index (χ1n) is 8.35. The maximum atomic E-state index is 12.2. The number of aryl methyl sites for hydroxylation is 1. The molecule has 0 aliphatic carbocycles. The fourth-order valence-corrected chi connectivity index (χ4v) is 4.03. The summed E-state index contributed by atoms with van der Waals surface area (Å²) in [7, 11) is 1.55. The first kappa shape index (κ1) is 17.2. The molecule has 4 aromatic rings. The fraction of sp³-hybridized carbons (Fsp3) is 0.150. The molecule has 0 atom stereocenters. The number of oxime groups is 1. The number of imidazole rings is 1. The standard InChI is InChI=1S/C20H17N3O3S/c1-12(22-26-19(24)14-7-6-8-15(11-14)25-3)18-13(2)23-17-10-5-4-9-16(17)21-20(23)27-18/h4-11H,1-3H3/b22-12+.